The highest BCUT2D eigenvalue weighted by molar-refractivity contribution is 5.52. The van der Waals surface area contributed by atoms with Crippen LogP contribution in [-0.2, 0) is 6.42 Å². The lowest BCUT2D eigenvalue weighted by Crippen LogP contribution is -2.18. The van der Waals surface area contributed by atoms with Gasteiger partial charge in [-0.2, -0.15) is 5.26 Å². The van der Waals surface area contributed by atoms with E-state index in [4.69, 9.17) is 5.73 Å². The van der Waals surface area contributed by atoms with E-state index in [0.29, 0.717) is 5.56 Å². The molecule has 1 aliphatic carbocycles. The van der Waals surface area contributed by atoms with E-state index < -0.39 is 0 Å². The van der Waals surface area contributed by atoms with Gasteiger partial charge in [0.2, 0.25) is 0 Å². The highest BCUT2D eigenvalue weighted by atomic mass is 15.0. The van der Waals surface area contributed by atoms with Gasteiger partial charge in [-0.05, 0) is 49.9 Å². The zero-order chi connectivity index (χ0) is 13.4. The summed E-state index contributed by atoms with van der Waals surface area (Å²) in [7, 11) is 0. The molecule has 0 spiro atoms. The molecule has 19 heavy (non-hydrogen) atoms. The largest absolute Gasteiger partial charge is 0.324 e. The standard InChI is InChI=1S/C16H17N3/c1-11-9-13-14(18)6-4-8-16(13)19(11)15-7-3-2-5-12(15)10-17/h2-3,5,7,9,14H,4,6,8,18H2,1H3. The zero-order valence-electron chi connectivity index (χ0n) is 11.1. The van der Waals surface area contributed by atoms with Crippen molar-refractivity contribution >= 4 is 0 Å². The maximum atomic E-state index is 9.28. The van der Waals surface area contributed by atoms with Crippen molar-refractivity contribution in [3.63, 3.8) is 0 Å². The predicted molar refractivity (Wildman–Crippen MR) is 75.1 cm³/mol. The highest BCUT2D eigenvalue weighted by Gasteiger charge is 2.23. The fourth-order valence-corrected chi connectivity index (χ4v) is 3.04. The summed E-state index contributed by atoms with van der Waals surface area (Å²) in [5.74, 6) is 0. The van der Waals surface area contributed by atoms with Crippen LogP contribution in [0.2, 0.25) is 0 Å². The van der Waals surface area contributed by atoms with Gasteiger partial charge in [0, 0.05) is 17.4 Å². The van der Waals surface area contributed by atoms with E-state index in [1.165, 1.54) is 11.3 Å². The van der Waals surface area contributed by atoms with Crippen LogP contribution in [0.1, 0.15) is 41.4 Å². The molecule has 1 aromatic carbocycles. The van der Waals surface area contributed by atoms with Crippen molar-refractivity contribution in [2.75, 3.05) is 0 Å². The van der Waals surface area contributed by atoms with E-state index in [9.17, 15) is 5.26 Å². The van der Waals surface area contributed by atoms with Crippen LogP contribution in [0.15, 0.2) is 30.3 Å². The van der Waals surface area contributed by atoms with Crippen molar-refractivity contribution in [1.29, 1.82) is 5.26 Å². The van der Waals surface area contributed by atoms with Crippen LogP contribution in [0, 0.1) is 18.3 Å². The molecule has 1 atom stereocenters. The molecule has 0 bridgehead atoms. The van der Waals surface area contributed by atoms with Crippen molar-refractivity contribution in [3.05, 3.63) is 52.8 Å². The molecule has 2 aromatic rings. The van der Waals surface area contributed by atoms with Gasteiger partial charge in [0.05, 0.1) is 11.3 Å². The van der Waals surface area contributed by atoms with Crippen LogP contribution in [0.25, 0.3) is 5.69 Å². The van der Waals surface area contributed by atoms with Gasteiger partial charge in [-0.3, -0.25) is 0 Å². The monoisotopic (exact) mass is 251 g/mol. The molecule has 0 saturated carbocycles. The Hall–Kier alpha value is -2.05. The lowest BCUT2D eigenvalue weighted by Gasteiger charge is -2.21. The number of para-hydroxylation sites is 1. The summed E-state index contributed by atoms with van der Waals surface area (Å²) in [6.07, 6.45) is 3.21. The molecule has 0 amide bonds. The van der Waals surface area contributed by atoms with Crippen LogP contribution < -0.4 is 5.73 Å². The van der Waals surface area contributed by atoms with Crippen LogP contribution in [0.4, 0.5) is 0 Å². The summed E-state index contributed by atoms with van der Waals surface area (Å²) in [5.41, 5.74) is 11.6. The number of nitriles is 1. The van der Waals surface area contributed by atoms with Crippen LogP contribution in [-0.4, -0.2) is 4.57 Å². The Morgan fingerprint density at radius 2 is 2.16 bits per heavy atom. The minimum Gasteiger partial charge on any atom is -0.324 e. The molecule has 3 rings (SSSR count). The SMILES string of the molecule is Cc1cc2c(n1-c1ccccc1C#N)CCCC2N. The first-order chi connectivity index (χ1) is 9.22. The van der Waals surface area contributed by atoms with E-state index in [-0.39, 0.29) is 6.04 Å². The number of aromatic nitrogens is 1. The summed E-state index contributed by atoms with van der Waals surface area (Å²) < 4.78 is 2.20. The lowest BCUT2D eigenvalue weighted by molar-refractivity contribution is 0.560. The third-order valence-electron chi connectivity index (χ3n) is 3.91. The van der Waals surface area contributed by atoms with Gasteiger partial charge in [-0.1, -0.05) is 12.1 Å². The van der Waals surface area contributed by atoms with E-state index in [2.05, 4.69) is 23.6 Å². The lowest BCUT2D eigenvalue weighted by atomic mass is 9.93. The quantitative estimate of drug-likeness (QED) is 0.847. The highest BCUT2D eigenvalue weighted by Crippen LogP contribution is 2.33. The summed E-state index contributed by atoms with van der Waals surface area (Å²) in [6.45, 7) is 2.08. The summed E-state index contributed by atoms with van der Waals surface area (Å²) in [5, 5.41) is 9.28. The van der Waals surface area contributed by atoms with Crippen molar-refractivity contribution in [1.82, 2.24) is 4.57 Å². The van der Waals surface area contributed by atoms with Gasteiger partial charge in [0.25, 0.3) is 0 Å². The maximum Gasteiger partial charge on any atom is 0.101 e. The molecule has 0 aliphatic heterocycles. The normalized spacial score (nSPS) is 17.8. The van der Waals surface area contributed by atoms with Crippen molar-refractivity contribution in [2.45, 2.75) is 32.2 Å². The van der Waals surface area contributed by atoms with E-state index in [1.54, 1.807) is 0 Å². The number of aryl methyl sites for hydroxylation is 1. The molecule has 0 saturated heterocycles. The first-order valence-electron chi connectivity index (χ1n) is 6.68. The Morgan fingerprint density at radius 1 is 1.37 bits per heavy atom. The topological polar surface area (TPSA) is 54.7 Å². The second-order valence-corrected chi connectivity index (χ2v) is 5.15. The van der Waals surface area contributed by atoms with Crippen molar-refractivity contribution in [2.24, 2.45) is 5.73 Å². The third kappa shape index (κ3) is 1.85. The number of hydrogen-bond donors (Lipinski definition) is 1. The number of benzene rings is 1. The molecule has 1 heterocycles. The number of fused-ring (bicyclic) bond motifs is 1. The smallest absolute Gasteiger partial charge is 0.101 e. The fourth-order valence-electron chi connectivity index (χ4n) is 3.04. The second kappa shape index (κ2) is 4.56. The van der Waals surface area contributed by atoms with Gasteiger partial charge in [-0.25, -0.2) is 0 Å². The molecule has 2 N–H and O–H groups in total. The Kier molecular flexibility index (Phi) is 2.88. The molecule has 96 valence electrons. The Bertz CT molecular complexity index is 661. The Labute approximate surface area is 113 Å². The molecule has 0 fully saturated rings. The van der Waals surface area contributed by atoms with Crippen molar-refractivity contribution in [3.8, 4) is 11.8 Å². The van der Waals surface area contributed by atoms with Crippen LogP contribution >= 0.6 is 0 Å². The molecule has 3 heteroatoms. The molecule has 1 aromatic heterocycles. The van der Waals surface area contributed by atoms with Crippen molar-refractivity contribution < 1.29 is 0 Å². The fraction of sp³-hybridized carbons (Fsp3) is 0.312. The molecule has 0 radical (unpaired) electrons. The van der Waals surface area contributed by atoms with Gasteiger partial charge in [-0.15, -0.1) is 0 Å². The van der Waals surface area contributed by atoms with E-state index >= 15 is 0 Å². The first kappa shape index (κ1) is 12.0. The average Bonchev–Trinajstić information content (AvgIpc) is 2.76. The second-order valence-electron chi connectivity index (χ2n) is 5.15. The number of rotatable bonds is 1. The van der Waals surface area contributed by atoms with Gasteiger partial charge in [0.1, 0.15) is 6.07 Å². The van der Waals surface area contributed by atoms with Crippen LogP contribution in [0.5, 0.6) is 0 Å². The van der Waals surface area contributed by atoms with E-state index in [1.807, 2.05) is 24.3 Å². The number of nitrogens with two attached hydrogens (primary N) is 1. The molecular formula is C16H17N3. The molecule has 3 nitrogen and oxygen atoms in total. The maximum absolute atomic E-state index is 9.28. The summed E-state index contributed by atoms with van der Waals surface area (Å²) >= 11 is 0. The van der Waals surface area contributed by atoms with Gasteiger partial charge in [0.15, 0.2) is 0 Å². The zero-order valence-corrected chi connectivity index (χ0v) is 11.1. The van der Waals surface area contributed by atoms with Crippen LogP contribution in [0.3, 0.4) is 0 Å². The molecule has 1 unspecified atom stereocenters. The Balaban J connectivity index is 2.24. The summed E-state index contributed by atoms with van der Waals surface area (Å²) in [6, 6.07) is 12.3. The third-order valence-corrected chi connectivity index (χ3v) is 3.91. The minimum absolute atomic E-state index is 0.137. The summed E-state index contributed by atoms with van der Waals surface area (Å²) in [4.78, 5) is 0. The Morgan fingerprint density at radius 3 is 2.95 bits per heavy atom. The van der Waals surface area contributed by atoms with E-state index in [0.717, 1.165) is 30.6 Å². The van der Waals surface area contributed by atoms with Gasteiger partial charge < -0.3 is 10.3 Å². The number of hydrogen-bond acceptors (Lipinski definition) is 2. The molecular weight excluding hydrogens is 234 g/mol. The van der Waals surface area contributed by atoms with Gasteiger partial charge >= 0.3 is 0 Å². The molecule has 1 aliphatic rings. The number of nitrogens with zero attached hydrogens (tertiary/aromatic N) is 2. The minimum atomic E-state index is 0.137. The average molecular weight is 251 g/mol. The first-order valence-corrected chi connectivity index (χ1v) is 6.68. The predicted octanol–water partition coefficient (Wildman–Crippen LogP) is 2.99.